The second-order valence-corrected chi connectivity index (χ2v) is 7.52. The normalized spacial score (nSPS) is 16.5. The van der Waals surface area contributed by atoms with Crippen LogP contribution in [0.5, 0.6) is 0 Å². The van der Waals surface area contributed by atoms with Crippen LogP contribution in [-0.4, -0.2) is 41.5 Å². The number of nitrogens with one attached hydrogen (secondary N) is 1. The molecule has 1 aliphatic heterocycles. The molecule has 3 heterocycles. The van der Waals surface area contributed by atoms with Gasteiger partial charge in [0.2, 0.25) is 5.95 Å². The second-order valence-electron chi connectivity index (χ2n) is 6.52. The lowest BCUT2D eigenvalue weighted by atomic mass is 9.98. The molecular formula is C18H25N5OS. The number of aromatic nitrogens is 2. The fourth-order valence-corrected chi connectivity index (χ4v) is 4.18. The first-order valence-corrected chi connectivity index (χ1v) is 9.50. The van der Waals surface area contributed by atoms with E-state index in [0.29, 0.717) is 12.5 Å². The summed E-state index contributed by atoms with van der Waals surface area (Å²) < 4.78 is 0. The van der Waals surface area contributed by atoms with E-state index in [9.17, 15) is 4.79 Å². The molecule has 0 saturated carbocycles. The smallest absolute Gasteiger partial charge is 0.318 e. The van der Waals surface area contributed by atoms with Crippen molar-refractivity contribution in [3.63, 3.8) is 0 Å². The van der Waals surface area contributed by atoms with E-state index in [2.05, 4.69) is 33.7 Å². The maximum absolute atomic E-state index is 12.7. The Balaban J connectivity index is 1.69. The van der Waals surface area contributed by atoms with Crippen molar-refractivity contribution in [3.8, 4) is 0 Å². The molecule has 2 amide bonds. The van der Waals surface area contributed by atoms with Crippen LogP contribution in [0.15, 0.2) is 17.5 Å². The number of rotatable bonds is 4. The van der Waals surface area contributed by atoms with Gasteiger partial charge in [-0.3, -0.25) is 0 Å². The molecular weight excluding hydrogens is 334 g/mol. The largest absolute Gasteiger partial charge is 0.347 e. The van der Waals surface area contributed by atoms with E-state index >= 15 is 0 Å². The number of anilines is 1. The third kappa shape index (κ3) is 3.76. The molecule has 0 unspecified atom stereocenters. The Labute approximate surface area is 152 Å². The summed E-state index contributed by atoms with van der Waals surface area (Å²) in [6.07, 6.45) is 1.86. The lowest BCUT2D eigenvalue weighted by Crippen LogP contribution is -2.45. The maximum atomic E-state index is 12.7. The van der Waals surface area contributed by atoms with E-state index in [-0.39, 0.29) is 12.1 Å². The average Bonchev–Trinajstić information content (AvgIpc) is 3.06. The van der Waals surface area contributed by atoms with E-state index < -0.39 is 0 Å². The van der Waals surface area contributed by atoms with Crippen molar-refractivity contribution in [1.82, 2.24) is 20.2 Å². The minimum atomic E-state index is -0.0219. The summed E-state index contributed by atoms with van der Waals surface area (Å²) in [5, 5.41) is 5.16. The Morgan fingerprint density at radius 3 is 2.96 bits per heavy atom. The van der Waals surface area contributed by atoms with Crippen molar-refractivity contribution in [3.05, 3.63) is 39.3 Å². The van der Waals surface area contributed by atoms with Crippen LogP contribution in [0.25, 0.3) is 0 Å². The first-order valence-electron chi connectivity index (χ1n) is 8.62. The Morgan fingerprint density at radius 2 is 2.24 bits per heavy atom. The van der Waals surface area contributed by atoms with Gasteiger partial charge in [-0.2, -0.15) is 0 Å². The van der Waals surface area contributed by atoms with Crippen LogP contribution < -0.4 is 10.2 Å². The van der Waals surface area contributed by atoms with Gasteiger partial charge >= 0.3 is 6.03 Å². The molecule has 3 rings (SSSR count). The molecule has 134 valence electrons. The van der Waals surface area contributed by atoms with E-state index in [1.165, 1.54) is 10.4 Å². The van der Waals surface area contributed by atoms with Gasteiger partial charge in [-0.1, -0.05) is 6.92 Å². The Kier molecular flexibility index (Phi) is 5.22. The molecule has 7 heteroatoms. The second kappa shape index (κ2) is 7.39. The number of amides is 2. The predicted octanol–water partition coefficient (Wildman–Crippen LogP) is 3.13. The van der Waals surface area contributed by atoms with E-state index in [1.807, 2.05) is 36.9 Å². The number of urea groups is 1. The van der Waals surface area contributed by atoms with Gasteiger partial charge in [-0.05, 0) is 42.8 Å². The molecule has 6 nitrogen and oxygen atoms in total. The summed E-state index contributed by atoms with van der Waals surface area (Å²) >= 11 is 1.79. The quantitative estimate of drug-likeness (QED) is 0.911. The van der Waals surface area contributed by atoms with Gasteiger partial charge in [0.1, 0.15) is 0 Å². The van der Waals surface area contributed by atoms with Crippen LogP contribution in [0.1, 0.15) is 41.2 Å². The minimum absolute atomic E-state index is 0.0219. The van der Waals surface area contributed by atoms with Crippen LogP contribution in [-0.2, 0) is 13.0 Å². The first-order chi connectivity index (χ1) is 12.0. The van der Waals surface area contributed by atoms with Gasteiger partial charge in [0, 0.05) is 31.2 Å². The number of thiophene rings is 1. The van der Waals surface area contributed by atoms with Crippen molar-refractivity contribution in [2.75, 3.05) is 25.5 Å². The highest BCUT2D eigenvalue weighted by Gasteiger charge is 2.30. The highest BCUT2D eigenvalue weighted by atomic mass is 32.1. The summed E-state index contributed by atoms with van der Waals surface area (Å²) in [4.78, 5) is 26.9. The Morgan fingerprint density at radius 1 is 1.44 bits per heavy atom. The van der Waals surface area contributed by atoms with Gasteiger partial charge in [0.25, 0.3) is 0 Å². The standard InChI is InChI=1S/C18H25N5OS/c1-5-15-14-7-9-25-16(14)6-8-23(15)18(24)19-11-13-10-12(2)20-17(21-13)22(3)4/h7,9-10,15H,5-6,8,11H2,1-4H3,(H,19,24)/t15-/m1/s1. The summed E-state index contributed by atoms with van der Waals surface area (Å²) in [7, 11) is 3.82. The van der Waals surface area contributed by atoms with E-state index in [0.717, 1.165) is 30.8 Å². The zero-order chi connectivity index (χ0) is 18.0. The minimum Gasteiger partial charge on any atom is -0.347 e. The number of hydrogen-bond donors (Lipinski definition) is 1. The van der Waals surface area contributed by atoms with Gasteiger partial charge < -0.3 is 15.1 Å². The summed E-state index contributed by atoms with van der Waals surface area (Å²) in [5.74, 6) is 0.663. The molecule has 2 aromatic rings. The molecule has 0 fully saturated rings. The fraction of sp³-hybridized carbons (Fsp3) is 0.500. The number of fused-ring (bicyclic) bond motifs is 1. The van der Waals surface area contributed by atoms with Gasteiger partial charge in [0.15, 0.2) is 0 Å². The van der Waals surface area contributed by atoms with Crippen molar-refractivity contribution < 1.29 is 4.79 Å². The van der Waals surface area contributed by atoms with Crippen LogP contribution in [0.4, 0.5) is 10.7 Å². The fourth-order valence-electron chi connectivity index (χ4n) is 3.25. The number of aryl methyl sites for hydroxylation is 1. The van der Waals surface area contributed by atoms with Crippen molar-refractivity contribution in [1.29, 1.82) is 0 Å². The van der Waals surface area contributed by atoms with Crippen LogP contribution in [0.3, 0.4) is 0 Å². The lowest BCUT2D eigenvalue weighted by Gasteiger charge is -2.35. The van der Waals surface area contributed by atoms with Gasteiger partial charge in [-0.15, -0.1) is 11.3 Å². The Hall–Kier alpha value is -2.15. The topological polar surface area (TPSA) is 61.4 Å². The molecule has 0 saturated heterocycles. The van der Waals surface area contributed by atoms with E-state index in [1.54, 1.807) is 11.3 Å². The molecule has 1 aliphatic rings. The molecule has 0 aliphatic carbocycles. The molecule has 25 heavy (non-hydrogen) atoms. The van der Waals surface area contributed by atoms with Crippen LogP contribution >= 0.6 is 11.3 Å². The zero-order valence-corrected chi connectivity index (χ0v) is 16.1. The molecule has 1 N–H and O–H groups in total. The zero-order valence-electron chi connectivity index (χ0n) is 15.2. The number of hydrogen-bond acceptors (Lipinski definition) is 5. The third-order valence-corrected chi connectivity index (χ3v) is 5.46. The molecule has 0 aromatic carbocycles. The molecule has 0 bridgehead atoms. The third-order valence-electron chi connectivity index (χ3n) is 4.46. The van der Waals surface area contributed by atoms with Crippen molar-refractivity contribution >= 4 is 23.3 Å². The van der Waals surface area contributed by atoms with Crippen molar-refractivity contribution in [2.45, 2.75) is 39.3 Å². The number of carbonyl (C=O) groups is 1. The maximum Gasteiger partial charge on any atom is 0.318 e. The molecule has 1 atom stereocenters. The Bertz CT molecular complexity index is 758. The van der Waals surface area contributed by atoms with Crippen molar-refractivity contribution in [2.24, 2.45) is 0 Å². The van der Waals surface area contributed by atoms with Crippen LogP contribution in [0, 0.1) is 6.92 Å². The summed E-state index contributed by atoms with van der Waals surface area (Å²) in [6, 6.07) is 4.22. The molecule has 2 aromatic heterocycles. The highest BCUT2D eigenvalue weighted by Crippen LogP contribution is 2.35. The molecule has 0 spiro atoms. The first kappa shape index (κ1) is 17.7. The van der Waals surface area contributed by atoms with Gasteiger partial charge in [-0.25, -0.2) is 14.8 Å². The summed E-state index contributed by atoms with van der Waals surface area (Å²) in [5.41, 5.74) is 3.03. The SMILES string of the molecule is CC[C@@H]1c2ccsc2CCN1C(=O)NCc1cc(C)nc(N(C)C)n1. The summed E-state index contributed by atoms with van der Waals surface area (Å²) in [6.45, 7) is 5.25. The van der Waals surface area contributed by atoms with E-state index in [4.69, 9.17) is 0 Å². The average molecular weight is 359 g/mol. The monoisotopic (exact) mass is 359 g/mol. The predicted molar refractivity (Wildman–Crippen MR) is 101 cm³/mol. The number of carbonyl (C=O) groups excluding carboxylic acids is 1. The number of nitrogens with zero attached hydrogens (tertiary/aromatic N) is 4. The lowest BCUT2D eigenvalue weighted by molar-refractivity contribution is 0.167. The molecule has 0 radical (unpaired) electrons. The van der Waals surface area contributed by atoms with Crippen LogP contribution in [0.2, 0.25) is 0 Å². The van der Waals surface area contributed by atoms with Gasteiger partial charge in [0.05, 0.1) is 18.3 Å². The highest BCUT2D eigenvalue weighted by molar-refractivity contribution is 7.10.